The van der Waals surface area contributed by atoms with Gasteiger partial charge in [0.1, 0.15) is 0 Å². The lowest BCUT2D eigenvalue weighted by atomic mass is 10.0. The van der Waals surface area contributed by atoms with E-state index in [4.69, 9.17) is 4.74 Å². The molecule has 1 amide bonds. The van der Waals surface area contributed by atoms with Gasteiger partial charge in [0, 0.05) is 11.1 Å². The molecule has 2 aromatic carbocycles. The van der Waals surface area contributed by atoms with Crippen molar-refractivity contribution in [1.82, 2.24) is 4.98 Å². The molecule has 5 nitrogen and oxygen atoms in total. The quantitative estimate of drug-likeness (QED) is 0.673. The SMILES string of the molecule is Cc1ccc(C)c(NC(=O)C(C)OC(=O)c2c(C)nc3ccccc3c2C)c1. The molecule has 28 heavy (non-hydrogen) atoms. The van der Waals surface area contributed by atoms with Crippen molar-refractivity contribution in [3.8, 4) is 0 Å². The van der Waals surface area contributed by atoms with Crippen molar-refractivity contribution in [2.24, 2.45) is 0 Å². The molecule has 0 bridgehead atoms. The van der Waals surface area contributed by atoms with Crippen LogP contribution >= 0.6 is 0 Å². The Balaban J connectivity index is 1.80. The fourth-order valence-corrected chi connectivity index (χ4v) is 3.21. The molecular weight excluding hydrogens is 352 g/mol. The van der Waals surface area contributed by atoms with Crippen molar-refractivity contribution in [2.75, 3.05) is 5.32 Å². The number of nitrogens with zero attached hydrogens (tertiary/aromatic N) is 1. The van der Waals surface area contributed by atoms with Crippen LogP contribution in [0, 0.1) is 27.7 Å². The highest BCUT2D eigenvalue weighted by atomic mass is 16.5. The number of ether oxygens (including phenoxy) is 1. The third kappa shape index (κ3) is 3.88. The highest BCUT2D eigenvalue weighted by Crippen LogP contribution is 2.24. The minimum Gasteiger partial charge on any atom is -0.449 e. The second-order valence-corrected chi connectivity index (χ2v) is 7.07. The van der Waals surface area contributed by atoms with Gasteiger partial charge in [-0.15, -0.1) is 0 Å². The van der Waals surface area contributed by atoms with E-state index in [1.54, 1.807) is 13.8 Å². The van der Waals surface area contributed by atoms with E-state index in [0.717, 1.165) is 27.6 Å². The van der Waals surface area contributed by atoms with Crippen molar-refractivity contribution in [2.45, 2.75) is 40.7 Å². The Kier molecular flexibility index (Phi) is 5.45. The monoisotopic (exact) mass is 376 g/mol. The average Bonchev–Trinajstić information content (AvgIpc) is 2.64. The first-order chi connectivity index (χ1) is 13.3. The number of aryl methyl sites for hydroxylation is 4. The van der Waals surface area contributed by atoms with E-state index in [0.29, 0.717) is 16.9 Å². The number of anilines is 1. The molecule has 0 saturated heterocycles. The minimum absolute atomic E-state index is 0.369. The summed E-state index contributed by atoms with van der Waals surface area (Å²) in [6.45, 7) is 9.08. The maximum atomic E-state index is 12.8. The predicted octanol–water partition coefficient (Wildman–Crippen LogP) is 4.65. The van der Waals surface area contributed by atoms with Crippen molar-refractivity contribution in [3.63, 3.8) is 0 Å². The van der Waals surface area contributed by atoms with Gasteiger partial charge >= 0.3 is 5.97 Å². The number of rotatable bonds is 4. The lowest BCUT2D eigenvalue weighted by Gasteiger charge is -2.17. The Morgan fingerprint density at radius 1 is 1.04 bits per heavy atom. The number of carbonyl (C=O) groups is 2. The van der Waals surface area contributed by atoms with Crippen LogP contribution in [-0.2, 0) is 9.53 Å². The number of aromatic nitrogens is 1. The fraction of sp³-hybridized carbons (Fsp3) is 0.261. The van der Waals surface area contributed by atoms with Gasteiger partial charge in [-0.2, -0.15) is 0 Å². The zero-order chi connectivity index (χ0) is 20.4. The largest absolute Gasteiger partial charge is 0.449 e. The minimum atomic E-state index is -0.933. The molecule has 0 aliphatic carbocycles. The van der Waals surface area contributed by atoms with Crippen LogP contribution in [0.1, 0.15) is 39.7 Å². The van der Waals surface area contributed by atoms with Gasteiger partial charge < -0.3 is 10.1 Å². The summed E-state index contributed by atoms with van der Waals surface area (Å²) in [5.41, 5.74) is 5.33. The van der Waals surface area contributed by atoms with Gasteiger partial charge in [-0.1, -0.05) is 30.3 Å². The molecule has 0 spiro atoms. The second-order valence-electron chi connectivity index (χ2n) is 7.07. The van der Waals surface area contributed by atoms with Crippen LogP contribution in [-0.4, -0.2) is 23.0 Å². The third-order valence-corrected chi connectivity index (χ3v) is 4.84. The molecule has 0 aliphatic rings. The van der Waals surface area contributed by atoms with E-state index in [1.807, 2.05) is 63.2 Å². The third-order valence-electron chi connectivity index (χ3n) is 4.84. The zero-order valence-corrected chi connectivity index (χ0v) is 16.8. The molecule has 3 rings (SSSR count). The van der Waals surface area contributed by atoms with Crippen molar-refractivity contribution >= 4 is 28.5 Å². The molecule has 3 aromatic rings. The van der Waals surface area contributed by atoms with Gasteiger partial charge in [-0.25, -0.2) is 4.79 Å². The van der Waals surface area contributed by atoms with Gasteiger partial charge in [0.2, 0.25) is 0 Å². The number of hydrogen-bond donors (Lipinski definition) is 1. The van der Waals surface area contributed by atoms with E-state index in [2.05, 4.69) is 10.3 Å². The molecule has 0 saturated carbocycles. The number of benzene rings is 2. The number of esters is 1. The van der Waals surface area contributed by atoms with Crippen molar-refractivity contribution in [1.29, 1.82) is 0 Å². The second kappa shape index (κ2) is 7.80. The number of carbonyl (C=O) groups excluding carboxylic acids is 2. The maximum Gasteiger partial charge on any atom is 0.341 e. The van der Waals surface area contributed by atoms with Gasteiger partial charge in [-0.05, 0) is 63.4 Å². The molecular formula is C23H24N2O3. The number of pyridine rings is 1. The van der Waals surface area contributed by atoms with Gasteiger partial charge in [-0.3, -0.25) is 9.78 Å². The Morgan fingerprint density at radius 3 is 2.50 bits per heavy atom. The van der Waals surface area contributed by atoms with E-state index in [9.17, 15) is 9.59 Å². The summed E-state index contributed by atoms with van der Waals surface area (Å²) in [5, 5.41) is 3.73. The molecule has 0 fully saturated rings. The highest BCUT2D eigenvalue weighted by molar-refractivity contribution is 6.01. The van der Waals surface area contributed by atoms with Crippen LogP contribution in [0.25, 0.3) is 10.9 Å². The molecule has 1 aromatic heterocycles. The van der Waals surface area contributed by atoms with Crippen LogP contribution in [0.2, 0.25) is 0 Å². The molecule has 1 unspecified atom stereocenters. The van der Waals surface area contributed by atoms with E-state index in [1.165, 1.54) is 0 Å². The number of para-hydroxylation sites is 1. The smallest absolute Gasteiger partial charge is 0.341 e. The maximum absolute atomic E-state index is 12.8. The van der Waals surface area contributed by atoms with Gasteiger partial charge in [0.25, 0.3) is 5.91 Å². The predicted molar refractivity (Wildman–Crippen MR) is 111 cm³/mol. The summed E-state index contributed by atoms with van der Waals surface area (Å²) < 4.78 is 5.46. The van der Waals surface area contributed by atoms with Crippen LogP contribution in [0.5, 0.6) is 0 Å². The van der Waals surface area contributed by atoms with Gasteiger partial charge in [0.15, 0.2) is 6.10 Å². The normalized spacial score (nSPS) is 11.9. The highest BCUT2D eigenvalue weighted by Gasteiger charge is 2.23. The molecule has 1 N–H and O–H groups in total. The Labute approximate surface area is 164 Å². The molecule has 1 atom stereocenters. The number of amides is 1. The lowest BCUT2D eigenvalue weighted by molar-refractivity contribution is -0.123. The summed E-state index contributed by atoms with van der Waals surface area (Å²) in [5.74, 6) is -0.914. The van der Waals surface area contributed by atoms with E-state index in [-0.39, 0.29) is 5.91 Å². The van der Waals surface area contributed by atoms with Gasteiger partial charge in [0.05, 0.1) is 16.8 Å². The molecule has 0 aliphatic heterocycles. The topological polar surface area (TPSA) is 68.3 Å². The Bertz CT molecular complexity index is 1070. The average molecular weight is 376 g/mol. The lowest BCUT2D eigenvalue weighted by Crippen LogP contribution is -2.30. The standard InChI is InChI=1S/C23H24N2O3/c1-13-10-11-14(2)20(12-13)25-22(26)17(5)28-23(27)21-15(3)18-8-6-7-9-19(18)24-16(21)4/h6-12,17H,1-5H3,(H,25,26). The first kappa shape index (κ1) is 19.5. The molecule has 5 heteroatoms. The summed E-state index contributed by atoms with van der Waals surface area (Å²) in [4.78, 5) is 29.8. The Morgan fingerprint density at radius 2 is 1.75 bits per heavy atom. The van der Waals surface area contributed by atoms with Crippen LogP contribution in [0.3, 0.4) is 0 Å². The summed E-state index contributed by atoms with van der Waals surface area (Å²) >= 11 is 0. The van der Waals surface area contributed by atoms with Crippen LogP contribution in [0.4, 0.5) is 5.69 Å². The number of hydrogen-bond acceptors (Lipinski definition) is 4. The first-order valence-corrected chi connectivity index (χ1v) is 9.23. The Hall–Kier alpha value is -3.21. The zero-order valence-electron chi connectivity index (χ0n) is 16.8. The fourth-order valence-electron chi connectivity index (χ4n) is 3.21. The number of nitrogens with one attached hydrogen (secondary N) is 1. The van der Waals surface area contributed by atoms with Crippen molar-refractivity contribution in [3.05, 3.63) is 70.4 Å². The molecule has 1 heterocycles. The summed E-state index contributed by atoms with van der Waals surface area (Å²) in [6, 6.07) is 13.5. The molecule has 144 valence electrons. The number of fused-ring (bicyclic) bond motifs is 1. The summed E-state index contributed by atoms with van der Waals surface area (Å²) in [6.07, 6.45) is -0.933. The van der Waals surface area contributed by atoms with E-state index >= 15 is 0 Å². The van der Waals surface area contributed by atoms with Crippen molar-refractivity contribution < 1.29 is 14.3 Å². The summed E-state index contributed by atoms with van der Waals surface area (Å²) in [7, 11) is 0. The van der Waals surface area contributed by atoms with E-state index < -0.39 is 12.1 Å². The van der Waals surface area contributed by atoms with Crippen LogP contribution < -0.4 is 5.32 Å². The van der Waals surface area contributed by atoms with Crippen LogP contribution in [0.15, 0.2) is 42.5 Å². The first-order valence-electron chi connectivity index (χ1n) is 9.23. The molecule has 0 radical (unpaired) electrons.